The summed E-state index contributed by atoms with van der Waals surface area (Å²) in [6.07, 6.45) is 1.85. The summed E-state index contributed by atoms with van der Waals surface area (Å²) in [4.78, 5) is 11.8. The number of benzene rings is 1. The Labute approximate surface area is 114 Å². The molecule has 0 aromatic heterocycles. The van der Waals surface area contributed by atoms with Gasteiger partial charge in [0.15, 0.2) is 9.84 Å². The number of rotatable bonds is 4. The third-order valence-electron chi connectivity index (χ3n) is 3.45. The van der Waals surface area contributed by atoms with Crippen molar-refractivity contribution < 1.29 is 13.2 Å². The predicted octanol–water partition coefficient (Wildman–Crippen LogP) is 2.01. The first-order chi connectivity index (χ1) is 8.98. The van der Waals surface area contributed by atoms with Gasteiger partial charge in [-0.2, -0.15) is 0 Å². The molecular weight excluding hydrogens is 262 g/mol. The Bertz CT molecular complexity index is 549. The van der Waals surface area contributed by atoms with E-state index in [-0.39, 0.29) is 29.8 Å². The lowest BCUT2D eigenvalue weighted by Gasteiger charge is -2.09. The van der Waals surface area contributed by atoms with E-state index in [9.17, 15) is 13.2 Å². The SMILES string of the molecule is CCc1ccc(NC(=O)C[C@@H]2CCS(=O)(=O)C2)cc1. The van der Waals surface area contributed by atoms with Crippen LogP contribution in [0, 0.1) is 5.92 Å². The molecule has 1 aromatic rings. The van der Waals surface area contributed by atoms with E-state index in [0.717, 1.165) is 12.1 Å². The normalized spacial score (nSPS) is 21.2. The van der Waals surface area contributed by atoms with Crippen molar-refractivity contribution in [3.63, 3.8) is 0 Å². The van der Waals surface area contributed by atoms with Gasteiger partial charge >= 0.3 is 0 Å². The number of aryl methyl sites for hydroxylation is 1. The van der Waals surface area contributed by atoms with Gasteiger partial charge in [-0.25, -0.2) is 8.42 Å². The zero-order valence-electron chi connectivity index (χ0n) is 11.1. The van der Waals surface area contributed by atoms with Crippen LogP contribution in [0.2, 0.25) is 0 Å². The summed E-state index contributed by atoms with van der Waals surface area (Å²) in [5, 5.41) is 2.81. The molecule has 1 atom stereocenters. The minimum atomic E-state index is -2.90. The van der Waals surface area contributed by atoms with Crippen molar-refractivity contribution in [2.75, 3.05) is 16.8 Å². The number of anilines is 1. The van der Waals surface area contributed by atoms with Crippen LogP contribution < -0.4 is 5.32 Å². The summed E-state index contributed by atoms with van der Waals surface area (Å²) in [5.41, 5.74) is 1.99. The Morgan fingerprint density at radius 1 is 1.32 bits per heavy atom. The number of hydrogen-bond acceptors (Lipinski definition) is 3. The number of sulfone groups is 1. The lowest BCUT2D eigenvalue weighted by atomic mass is 10.0. The highest BCUT2D eigenvalue weighted by molar-refractivity contribution is 7.91. The van der Waals surface area contributed by atoms with Crippen LogP contribution in [0.15, 0.2) is 24.3 Å². The van der Waals surface area contributed by atoms with Gasteiger partial charge in [0.1, 0.15) is 0 Å². The summed E-state index contributed by atoms with van der Waals surface area (Å²) in [5.74, 6) is 0.233. The van der Waals surface area contributed by atoms with Crippen LogP contribution in [0.3, 0.4) is 0 Å². The third kappa shape index (κ3) is 4.06. The Hall–Kier alpha value is -1.36. The quantitative estimate of drug-likeness (QED) is 0.918. The fourth-order valence-corrected chi connectivity index (χ4v) is 4.19. The molecule has 1 fully saturated rings. The Morgan fingerprint density at radius 3 is 2.53 bits per heavy atom. The zero-order valence-corrected chi connectivity index (χ0v) is 11.9. The molecule has 0 spiro atoms. The molecule has 0 unspecified atom stereocenters. The minimum absolute atomic E-state index is 0.0279. The number of amides is 1. The van der Waals surface area contributed by atoms with Gasteiger partial charge in [0.2, 0.25) is 5.91 Å². The summed E-state index contributed by atoms with van der Waals surface area (Å²) >= 11 is 0. The Balaban J connectivity index is 1.87. The van der Waals surface area contributed by atoms with Crippen LogP contribution in [0.5, 0.6) is 0 Å². The first kappa shape index (κ1) is 14.1. The smallest absolute Gasteiger partial charge is 0.224 e. The van der Waals surface area contributed by atoms with Gasteiger partial charge in [0, 0.05) is 12.1 Å². The van der Waals surface area contributed by atoms with Gasteiger partial charge in [0.05, 0.1) is 11.5 Å². The molecule has 2 rings (SSSR count). The van der Waals surface area contributed by atoms with E-state index in [0.29, 0.717) is 6.42 Å². The van der Waals surface area contributed by atoms with Crippen LogP contribution in [0.25, 0.3) is 0 Å². The maximum absolute atomic E-state index is 11.8. The molecule has 1 saturated heterocycles. The van der Waals surface area contributed by atoms with Gasteiger partial charge in [0.25, 0.3) is 0 Å². The van der Waals surface area contributed by atoms with E-state index in [1.807, 2.05) is 24.3 Å². The van der Waals surface area contributed by atoms with Gasteiger partial charge in [-0.3, -0.25) is 4.79 Å². The van der Waals surface area contributed by atoms with Crippen molar-refractivity contribution in [2.45, 2.75) is 26.2 Å². The third-order valence-corrected chi connectivity index (χ3v) is 5.28. The van der Waals surface area contributed by atoms with E-state index < -0.39 is 9.84 Å². The summed E-state index contributed by atoms with van der Waals surface area (Å²) in [6.45, 7) is 2.08. The topological polar surface area (TPSA) is 63.2 Å². The molecule has 104 valence electrons. The average molecular weight is 281 g/mol. The van der Waals surface area contributed by atoms with Crippen LogP contribution in [0.4, 0.5) is 5.69 Å². The van der Waals surface area contributed by atoms with Gasteiger partial charge in [-0.1, -0.05) is 19.1 Å². The van der Waals surface area contributed by atoms with Crippen LogP contribution >= 0.6 is 0 Å². The average Bonchev–Trinajstić information content (AvgIpc) is 2.69. The molecule has 1 aromatic carbocycles. The molecule has 0 aliphatic carbocycles. The van der Waals surface area contributed by atoms with E-state index in [1.54, 1.807) is 0 Å². The lowest BCUT2D eigenvalue weighted by molar-refractivity contribution is -0.116. The molecule has 5 heteroatoms. The van der Waals surface area contributed by atoms with Gasteiger partial charge in [-0.05, 0) is 36.5 Å². The van der Waals surface area contributed by atoms with Crippen LogP contribution in [-0.2, 0) is 21.1 Å². The van der Waals surface area contributed by atoms with Crippen LogP contribution in [-0.4, -0.2) is 25.8 Å². The molecule has 1 N–H and O–H groups in total. The molecular formula is C14H19NO3S. The van der Waals surface area contributed by atoms with Crippen molar-refractivity contribution in [3.8, 4) is 0 Å². The second-order valence-electron chi connectivity index (χ2n) is 5.07. The maximum atomic E-state index is 11.8. The molecule has 1 aliphatic rings. The Kier molecular flexibility index (Phi) is 4.24. The fourth-order valence-electron chi connectivity index (χ4n) is 2.33. The fraction of sp³-hybridized carbons (Fsp3) is 0.500. The molecule has 4 nitrogen and oxygen atoms in total. The number of carbonyl (C=O) groups excluding carboxylic acids is 1. The van der Waals surface area contributed by atoms with E-state index >= 15 is 0 Å². The zero-order chi connectivity index (χ0) is 13.9. The summed E-state index contributed by atoms with van der Waals surface area (Å²) in [7, 11) is -2.90. The lowest BCUT2D eigenvalue weighted by Crippen LogP contribution is -2.17. The molecule has 0 radical (unpaired) electrons. The molecule has 0 bridgehead atoms. The molecule has 1 heterocycles. The second-order valence-corrected chi connectivity index (χ2v) is 7.30. The second kappa shape index (κ2) is 5.74. The molecule has 0 saturated carbocycles. The molecule has 1 amide bonds. The van der Waals surface area contributed by atoms with Gasteiger partial charge in [-0.15, -0.1) is 0 Å². The largest absolute Gasteiger partial charge is 0.326 e. The molecule has 1 aliphatic heterocycles. The van der Waals surface area contributed by atoms with E-state index in [4.69, 9.17) is 0 Å². The molecule has 19 heavy (non-hydrogen) atoms. The van der Waals surface area contributed by atoms with Crippen molar-refractivity contribution in [2.24, 2.45) is 5.92 Å². The van der Waals surface area contributed by atoms with Crippen LogP contribution in [0.1, 0.15) is 25.3 Å². The van der Waals surface area contributed by atoms with Crippen molar-refractivity contribution in [3.05, 3.63) is 29.8 Å². The highest BCUT2D eigenvalue weighted by atomic mass is 32.2. The maximum Gasteiger partial charge on any atom is 0.224 e. The standard InChI is InChI=1S/C14H19NO3S/c1-2-11-3-5-13(6-4-11)15-14(16)9-12-7-8-19(17,18)10-12/h3-6,12H,2,7-10H2,1H3,(H,15,16)/t12-/m0/s1. The van der Waals surface area contributed by atoms with Crippen molar-refractivity contribution >= 4 is 21.4 Å². The van der Waals surface area contributed by atoms with Crippen molar-refractivity contribution in [1.29, 1.82) is 0 Å². The van der Waals surface area contributed by atoms with Crippen molar-refractivity contribution in [1.82, 2.24) is 0 Å². The number of carbonyl (C=O) groups is 1. The first-order valence-electron chi connectivity index (χ1n) is 6.58. The minimum Gasteiger partial charge on any atom is -0.326 e. The van der Waals surface area contributed by atoms with Gasteiger partial charge < -0.3 is 5.32 Å². The predicted molar refractivity (Wildman–Crippen MR) is 75.8 cm³/mol. The summed E-state index contributed by atoms with van der Waals surface area (Å²) in [6, 6.07) is 7.72. The number of hydrogen-bond donors (Lipinski definition) is 1. The van der Waals surface area contributed by atoms with E-state index in [1.165, 1.54) is 5.56 Å². The monoisotopic (exact) mass is 281 g/mol. The highest BCUT2D eigenvalue weighted by Gasteiger charge is 2.29. The van der Waals surface area contributed by atoms with E-state index in [2.05, 4.69) is 12.2 Å². The first-order valence-corrected chi connectivity index (χ1v) is 8.40. The Morgan fingerprint density at radius 2 is 2.00 bits per heavy atom. The highest BCUT2D eigenvalue weighted by Crippen LogP contribution is 2.22. The number of nitrogens with one attached hydrogen (secondary N) is 1. The summed E-state index contributed by atoms with van der Waals surface area (Å²) < 4.78 is 22.6.